The number of ether oxygens (including phenoxy) is 1. The van der Waals surface area contributed by atoms with Crippen LogP contribution in [0.4, 0.5) is 0 Å². The highest BCUT2D eigenvalue weighted by Gasteiger charge is 2.40. The second kappa shape index (κ2) is 9.15. The molecule has 1 atom stereocenters. The lowest BCUT2D eigenvalue weighted by Crippen LogP contribution is -3.00. The van der Waals surface area contributed by atoms with E-state index >= 15 is 0 Å². The summed E-state index contributed by atoms with van der Waals surface area (Å²) in [5.41, 5.74) is 1.56. The molecule has 2 aliphatic rings. The number of aryl methyl sites for hydroxylation is 1. The summed E-state index contributed by atoms with van der Waals surface area (Å²) in [7, 11) is -3.68. The zero-order valence-corrected chi connectivity index (χ0v) is 17.7. The Balaban J connectivity index is 0.00000240. The zero-order chi connectivity index (χ0) is 19.6. The molecule has 0 saturated carbocycles. The van der Waals surface area contributed by atoms with Crippen molar-refractivity contribution in [3.05, 3.63) is 59.7 Å². The summed E-state index contributed by atoms with van der Waals surface area (Å²) in [5.74, 6) is 0.582. The number of amides is 1. The predicted molar refractivity (Wildman–Crippen MR) is 105 cm³/mol. The fourth-order valence-corrected chi connectivity index (χ4v) is 5.45. The Morgan fingerprint density at radius 3 is 2.69 bits per heavy atom. The minimum Gasteiger partial charge on any atom is -1.00 e. The number of fused-ring (bicyclic) bond motifs is 2. The largest absolute Gasteiger partial charge is 1.00 e. The molecule has 156 valence electrons. The first kappa shape index (κ1) is 21.6. The molecule has 0 aliphatic carbocycles. The van der Waals surface area contributed by atoms with E-state index in [-0.39, 0.29) is 35.5 Å². The van der Waals surface area contributed by atoms with Crippen molar-refractivity contribution in [3.8, 4) is 5.75 Å². The first-order valence-corrected chi connectivity index (χ1v) is 11.2. The maximum atomic E-state index is 12.5. The van der Waals surface area contributed by atoms with E-state index in [0.29, 0.717) is 6.42 Å². The number of rotatable bonds is 7. The lowest BCUT2D eigenvalue weighted by Gasteiger charge is -2.24. The van der Waals surface area contributed by atoms with Crippen LogP contribution in [0.15, 0.2) is 53.4 Å². The van der Waals surface area contributed by atoms with Gasteiger partial charge in [-0.3, -0.25) is 4.79 Å². The minimum absolute atomic E-state index is 0. The normalized spacial score (nSPS) is 19.1. The summed E-state index contributed by atoms with van der Waals surface area (Å²) in [6.45, 7) is 2.01. The van der Waals surface area contributed by atoms with Gasteiger partial charge in [0.05, 0.1) is 12.1 Å². The second-order valence-corrected chi connectivity index (χ2v) is 9.12. The summed E-state index contributed by atoms with van der Waals surface area (Å²) < 4.78 is 32.1. The third kappa shape index (κ3) is 4.42. The molecule has 0 unspecified atom stereocenters. The predicted octanol–water partition coefficient (Wildman–Crippen LogP) is -1.43. The van der Waals surface area contributed by atoms with E-state index in [0.717, 1.165) is 42.4 Å². The maximum Gasteiger partial charge on any atom is 0.269 e. The monoisotopic (exact) mass is 438 g/mol. The summed E-state index contributed by atoms with van der Waals surface area (Å²) in [4.78, 5) is 12.5. The Kier molecular flexibility index (Phi) is 6.82. The van der Waals surface area contributed by atoms with Crippen LogP contribution >= 0.6 is 0 Å². The van der Waals surface area contributed by atoms with Crippen molar-refractivity contribution in [3.63, 3.8) is 0 Å². The molecular formula is C21H25ClN2O4S. The molecular weight excluding hydrogens is 414 g/mol. The average Bonchev–Trinajstić information content (AvgIpc) is 2.91. The SMILES string of the molecule is O=C1c2ccccc2S(=O)(=O)N1CCCC[NH2+]C[C@H]1C[14CH2]c2ccccc2O1.[Cl-]. The van der Waals surface area contributed by atoms with Gasteiger partial charge in [0.1, 0.15) is 23.3 Å². The number of carbonyl (C=O) groups excluding carboxylic acids is 1. The molecule has 0 saturated heterocycles. The number of carbonyl (C=O) groups is 1. The molecule has 4 rings (SSSR count). The molecule has 0 bridgehead atoms. The molecule has 0 spiro atoms. The Morgan fingerprint density at radius 2 is 1.86 bits per heavy atom. The number of hydrogen-bond donors (Lipinski definition) is 1. The third-order valence-corrected chi connectivity index (χ3v) is 7.20. The number of hydrogen-bond acceptors (Lipinski definition) is 4. The van der Waals surface area contributed by atoms with E-state index in [2.05, 4.69) is 11.4 Å². The average molecular weight is 439 g/mol. The summed E-state index contributed by atoms with van der Waals surface area (Å²) in [6.07, 6.45) is 3.78. The Labute approximate surface area is 177 Å². The number of halogens is 1. The van der Waals surface area contributed by atoms with Gasteiger partial charge in [-0.2, -0.15) is 0 Å². The van der Waals surface area contributed by atoms with Crippen molar-refractivity contribution in [1.82, 2.24) is 4.31 Å². The van der Waals surface area contributed by atoms with Gasteiger partial charge in [-0.15, -0.1) is 0 Å². The van der Waals surface area contributed by atoms with E-state index in [1.54, 1.807) is 18.2 Å². The van der Waals surface area contributed by atoms with E-state index in [9.17, 15) is 13.2 Å². The van der Waals surface area contributed by atoms with E-state index in [1.807, 2.05) is 18.2 Å². The number of nitrogens with zero attached hydrogens (tertiary/aromatic N) is 1. The van der Waals surface area contributed by atoms with Gasteiger partial charge < -0.3 is 22.5 Å². The molecule has 0 fully saturated rings. The van der Waals surface area contributed by atoms with Crippen LogP contribution < -0.4 is 22.5 Å². The highest BCUT2D eigenvalue weighted by Crippen LogP contribution is 2.30. The van der Waals surface area contributed by atoms with Crippen LogP contribution in [-0.2, 0) is 16.4 Å². The van der Waals surface area contributed by atoms with Gasteiger partial charge in [-0.05, 0) is 49.4 Å². The van der Waals surface area contributed by atoms with Gasteiger partial charge in [-0.25, -0.2) is 12.7 Å². The lowest BCUT2D eigenvalue weighted by molar-refractivity contribution is -0.660. The molecule has 1 amide bonds. The first-order chi connectivity index (χ1) is 13.6. The third-order valence-electron chi connectivity index (χ3n) is 5.36. The van der Waals surface area contributed by atoms with Crippen LogP contribution in [0.25, 0.3) is 0 Å². The minimum atomic E-state index is -3.68. The van der Waals surface area contributed by atoms with Gasteiger partial charge in [0.15, 0.2) is 0 Å². The van der Waals surface area contributed by atoms with Crippen molar-refractivity contribution < 1.29 is 35.7 Å². The van der Waals surface area contributed by atoms with Gasteiger partial charge in [0.2, 0.25) is 0 Å². The van der Waals surface area contributed by atoms with Gasteiger partial charge >= 0.3 is 0 Å². The maximum absolute atomic E-state index is 12.5. The lowest BCUT2D eigenvalue weighted by atomic mass is 10.2. The molecule has 2 aliphatic heterocycles. The van der Waals surface area contributed by atoms with Crippen molar-refractivity contribution in [2.45, 2.75) is 36.7 Å². The van der Waals surface area contributed by atoms with E-state index in [4.69, 9.17) is 4.74 Å². The first-order valence-electron chi connectivity index (χ1n) is 9.80. The highest BCUT2D eigenvalue weighted by atomic mass is 35.5. The number of quaternary nitrogens is 1. The smallest absolute Gasteiger partial charge is 0.269 e. The van der Waals surface area contributed by atoms with Crippen LogP contribution in [0.2, 0.25) is 0 Å². The van der Waals surface area contributed by atoms with Crippen molar-refractivity contribution in [2.75, 3.05) is 19.6 Å². The van der Waals surface area contributed by atoms with Crippen molar-refractivity contribution in [2.24, 2.45) is 0 Å². The van der Waals surface area contributed by atoms with Crippen LogP contribution in [0.5, 0.6) is 5.75 Å². The number of sulfonamides is 1. The quantitative estimate of drug-likeness (QED) is 0.538. The standard InChI is InChI=1S/C21H24N2O4S.ClH/c24-21-18-8-2-4-10-20(18)28(25,26)23(21)14-6-5-13-22-15-17-12-11-16-7-1-3-9-19(16)27-17;/h1-4,7-10,17,22H,5-6,11-15H2;1H/t17-;/m1./s1/i11+2;. The van der Waals surface area contributed by atoms with Crippen LogP contribution in [-0.4, -0.2) is 44.4 Å². The van der Waals surface area contributed by atoms with Crippen molar-refractivity contribution >= 4 is 15.9 Å². The zero-order valence-electron chi connectivity index (χ0n) is 16.1. The molecule has 2 N–H and O–H groups in total. The fourth-order valence-electron chi connectivity index (χ4n) is 3.85. The fraction of sp³-hybridized carbons (Fsp3) is 0.381. The second-order valence-electron chi connectivity index (χ2n) is 7.28. The molecule has 2 aromatic rings. The van der Waals surface area contributed by atoms with Crippen LogP contribution in [0.1, 0.15) is 35.2 Å². The Morgan fingerprint density at radius 1 is 1.10 bits per heavy atom. The Bertz CT molecular complexity index is 980. The summed E-state index contributed by atoms with van der Waals surface area (Å²) >= 11 is 0. The summed E-state index contributed by atoms with van der Waals surface area (Å²) in [5, 5.41) is 2.22. The van der Waals surface area contributed by atoms with Gasteiger partial charge in [0.25, 0.3) is 15.9 Å². The van der Waals surface area contributed by atoms with Crippen molar-refractivity contribution in [1.29, 1.82) is 0 Å². The highest BCUT2D eigenvalue weighted by molar-refractivity contribution is 7.90. The molecule has 2 heterocycles. The summed E-state index contributed by atoms with van der Waals surface area (Å²) in [6, 6.07) is 14.6. The number of nitrogens with two attached hydrogens (primary N) is 1. The topological polar surface area (TPSA) is 80.3 Å². The van der Waals surface area contributed by atoms with E-state index in [1.165, 1.54) is 11.6 Å². The number of unbranched alkanes of at least 4 members (excludes halogenated alkanes) is 1. The molecule has 6 nitrogen and oxygen atoms in total. The van der Waals surface area contributed by atoms with Crippen LogP contribution in [0, 0.1) is 0 Å². The molecule has 0 radical (unpaired) electrons. The van der Waals surface area contributed by atoms with E-state index < -0.39 is 15.9 Å². The number of benzene rings is 2. The Hall–Kier alpha value is -2.09. The molecule has 29 heavy (non-hydrogen) atoms. The van der Waals surface area contributed by atoms with Crippen LogP contribution in [0.3, 0.4) is 0 Å². The molecule has 8 heteroatoms. The molecule has 2 aromatic carbocycles. The number of para-hydroxylation sites is 1. The van der Waals surface area contributed by atoms with Gasteiger partial charge in [0, 0.05) is 6.54 Å². The van der Waals surface area contributed by atoms with Gasteiger partial charge in [-0.1, -0.05) is 30.3 Å². The molecule has 0 aromatic heterocycles.